The highest BCUT2D eigenvalue weighted by Crippen LogP contribution is 2.34. The van der Waals surface area contributed by atoms with Crippen LogP contribution in [0.3, 0.4) is 0 Å². The van der Waals surface area contributed by atoms with Crippen molar-refractivity contribution in [1.29, 1.82) is 0 Å². The fraction of sp³-hybridized carbons (Fsp3) is 0.250. The number of rotatable bonds is 7. The van der Waals surface area contributed by atoms with Gasteiger partial charge >= 0.3 is 0 Å². The van der Waals surface area contributed by atoms with Crippen LogP contribution >= 0.6 is 22.7 Å². The van der Waals surface area contributed by atoms with E-state index in [9.17, 15) is 14.0 Å². The Labute approximate surface area is 222 Å². The summed E-state index contributed by atoms with van der Waals surface area (Å²) in [6, 6.07) is 13.9. The van der Waals surface area contributed by atoms with Gasteiger partial charge < -0.3 is 10.2 Å². The Morgan fingerprint density at radius 1 is 1.05 bits per heavy atom. The quantitative estimate of drug-likeness (QED) is 0.360. The van der Waals surface area contributed by atoms with Gasteiger partial charge in [-0.25, -0.2) is 9.37 Å². The van der Waals surface area contributed by atoms with Crippen molar-refractivity contribution in [3.8, 4) is 12.3 Å². The molecule has 0 aliphatic carbocycles. The standard InChI is InChI=1S/C28H25FN4O2S2/c1-2-25-31-23(18-37-25)28(35)33-15-13-32(14-16-33)26(22-17-36-24-6-4-3-5-21(22)24)27(34)30-12-11-19-7-9-20(29)10-8-19/h1,3-10,17-18,26H,11-16H2,(H,30,34). The number of nitrogens with zero attached hydrogens (tertiary/aromatic N) is 3. The van der Waals surface area contributed by atoms with Gasteiger partial charge in [0, 0.05) is 42.8 Å². The Kier molecular flexibility index (Phi) is 7.60. The zero-order chi connectivity index (χ0) is 25.8. The summed E-state index contributed by atoms with van der Waals surface area (Å²) in [5.74, 6) is 1.97. The fourth-order valence-corrected chi connectivity index (χ4v) is 6.15. The van der Waals surface area contributed by atoms with E-state index < -0.39 is 6.04 Å². The van der Waals surface area contributed by atoms with E-state index in [2.05, 4.69) is 32.6 Å². The molecule has 1 fully saturated rings. The van der Waals surface area contributed by atoms with Gasteiger partial charge in [-0.2, -0.15) is 0 Å². The Morgan fingerprint density at radius 2 is 1.81 bits per heavy atom. The van der Waals surface area contributed by atoms with Crippen molar-refractivity contribution in [3.63, 3.8) is 0 Å². The molecule has 2 aromatic carbocycles. The monoisotopic (exact) mass is 532 g/mol. The number of amides is 2. The third-order valence-electron chi connectivity index (χ3n) is 6.49. The SMILES string of the molecule is C#Cc1nc(C(=O)N2CCN(C(C(=O)NCCc3ccc(F)cc3)c3csc4ccccc34)CC2)cs1. The summed E-state index contributed by atoms with van der Waals surface area (Å²) in [5.41, 5.74) is 2.30. The summed E-state index contributed by atoms with van der Waals surface area (Å²) in [5, 5.41) is 8.39. The van der Waals surface area contributed by atoms with Crippen molar-refractivity contribution < 1.29 is 14.0 Å². The molecule has 37 heavy (non-hydrogen) atoms. The molecule has 1 aliphatic heterocycles. The molecule has 1 unspecified atom stereocenters. The first-order valence-corrected chi connectivity index (χ1v) is 13.7. The lowest BCUT2D eigenvalue weighted by atomic mass is 10.0. The first-order valence-electron chi connectivity index (χ1n) is 12.0. The summed E-state index contributed by atoms with van der Waals surface area (Å²) in [6.07, 6.45) is 6.01. The summed E-state index contributed by atoms with van der Waals surface area (Å²) in [4.78, 5) is 34.6. The maximum absolute atomic E-state index is 13.6. The van der Waals surface area contributed by atoms with Gasteiger partial charge in [-0.05, 0) is 52.4 Å². The van der Waals surface area contributed by atoms with Crippen molar-refractivity contribution in [2.75, 3.05) is 32.7 Å². The van der Waals surface area contributed by atoms with E-state index >= 15 is 0 Å². The number of hydrogen-bond acceptors (Lipinski definition) is 6. The van der Waals surface area contributed by atoms with E-state index in [-0.39, 0.29) is 17.6 Å². The first-order chi connectivity index (χ1) is 18.0. The van der Waals surface area contributed by atoms with Crippen LogP contribution in [0.5, 0.6) is 0 Å². The molecule has 5 rings (SSSR count). The molecule has 188 valence electrons. The second-order valence-electron chi connectivity index (χ2n) is 8.77. The lowest BCUT2D eigenvalue weighted by Gasteiger charge is -2.38. The van der Waals surface area contributed by atoms with Crippen LogP contribution in [0.1, 0.15) is 32.7 Å². The molecule has 1 atom stereocenters. The van der Waals surface area contributed by atoms with Crippen LogP contribution in [0.25, 0.3) is 10.1 Å². The highest BCUT2D eigenvalue weighted by Gasteiger charge is 2.33. The molecule has 1 saturated heterocycles. The number of nitrogens with one attached hydrogen (secondary N) is 1. The van der Waals surface area contributed by atoms with Crippen LogP contribution in [-0.4, -0.2) is 59.3 Å². The number of hydrogen-bond donors (Lipinski definition) is 1. The molecule has 4 aromatic rings. The molecule has 0 bridgehead atoms. The molecule has 6 nitrogen and oxygen atoms in total. The highest BCUT2D eigenvalue weighted by atomic mass is 32.1. The number of carbonyl (C=O) groups excluding carboxylic acids is 2. The van der Waals surface area contributed by atoms with E-state index in [0.29, 0.717) is 49.8 Å². The molecule has 0 saturated carbocycles. The number of fused-ring (bicyclic) bond motifs is 1. The van der Waals surface area contributed by atoms with Crippen LogP contribution in [0.4, 0.5) is 4.39 Å². The van der Waals surface area contributed by atoms with Gasteiger partial charge in [-0.3, -0.25) is 14.5 Å². The molecule has 2 amide bonds. The summed E-state index contributed by atoms with van der Waals surface area (Å²) in [6.45, 7) is 2.53. The normalized spacial score (nSPS) is 14.9. The van der Waals surface area contributed by atoms with E-state index in [1.54, 1.807) is 33.7 Å². The smallest absolute Gasteiger partial charge is 0.273 e. The number of benzene rings is 2. The fourth-order valence-electron chi connectivity index (χ4n) is 4.58. The van der Waals surface area contributed by atoms with Crippen molar-refractivity contribution in [2.45, 2.75) is 12.5 Å². The number of aromatic nitrogens is 1. The number of thiazole rings is 1. The molecule has 0 spiro atoms. The number of carbonyl (C=O) groups is 2. The van der Waals surface area contributed by atoms with Gasteiger partial charge in [-0.1, -0.05) is 30.3 Å². The highest BCUT2D eigenvalue weighted by molar-refractivity contribution is 7.17. The maximum Gasteiger partial charge on any atom is 0.273 e. The number of piperazine rings is 1. The zero-order valence-electron chi connectivity index (χ0n) is 20.0. The van der Waals surface area contributed by atoms with Gasteiger partial charge in [0.1, 0.15) is 17.6 Å². The van der Waals surface area contributed by atoms with Crippen LogP contribution in [0.15, 0.2) is 59.3 Å². The van der Waals surface area contributed by atoms with Gasteiger partial charge in [-0.15, -0.1) is 29.1 Å². The van der Waals surface area contributed by atoms with Crippen molar-refractivity contribution in [2.24, 2.45) is 0 Å². The van der Waals surface area contributed by atoms with Crippen LogP contribution in [0, 0.1) is 18.2 Å². The maximum atomic E-state index is 13.6. The summed E-state index contributed by atoms with van der Waals surface area (Å²) in [7, 11) is 0. The van der Waals surface area contributed by atoms with Gasteiger partial charge in [0.25, 0.3) is 5.91 Å². The Hall–Kier alpha value is -3.58. The number of halogens is 1. The predicted molar refractivity (Wildman–Crippen MR) is 145 cm³/mol. The van der Waals surface area contributed by atoms with Gasteiger partial charge in [0.2, 0.25) is 5.91 Å². The van der Waals surface area contributed by atoms with Crippen molar-refractivity contribution >= 4 is 44.6 Å². The largest absolute Gasteiger partial charge is 0.354 e. The summed E-state index contributed by atoms with van der Waals surface area (Å²) < 4.78 is 14.3. The number of terminal acetylenes is 1. The van der Waals surface area contributed by atoms with Crippen molar-refractivity contribution in [1.82, 2.24) is 20.1 Å². The molecule has 1 aliphatic rings. The topological polar surface area (TPSA) is 65.5 Å². The van der Waals surface area contributed by atoms with E-state index in [4.69, 9.17) is 6.42 Å². The second-order valence-corrected chi connectivity index (χ2v) is 10.5. The second kappa shape index (κ2) is 11.2. The molecular weight excluding hydrogens is 507 g/mol. The van der Waals surface area contributed by atoms with Crippen LogP contribution in [-0.2, 0) is 11.2 Å². The average Bonchev–Trinajstić information content (AvgIpc) is 3.58. The molecular formula is C28H25FN4O2S2. The molecule has 1 N–H and O–H groups in total. The lowest BCUT2D eigenvalue weighted by molar-refractivity contribution is -0.127. The molecule has 9 heteroatoms. The van der Waals surface area contributed by atoms with Crippen molar-refractivity contribution in [3.05, 3.63) is 86.9 Å². The Balaban J connectivity index is 1.30. The zero-order valence-corrected chi connectivity index (χ0v) is 21.7. The van der Waals surface area contributed by atoms with Crippen LogP contribution < -0.4 is 5.32 Å². The Bertz CT molecular complexity index is 1450. The minimum Gasteiger partial charge on any atom is -0.354 e. The minimum atomic E-state index is -0.478. The molecule has 0 radical (unpaired) electrons. The number of thiophene rings is 1. The minimum absolute atomic E-state index is 0.0800. The molecule has 3 heterocycles. The first kappa shape index (κ1) is 25.1. The Morgan fingerprint density at radius 3 is 2.54 bits per heavy atom. The third-order valence-corrected chi connectivity index (χ3v) is 8.25. The van der Waals surface area contributed by atoms with Gasteiger partial charge in [0.05, 0.1) is 0 Å². The average molecular weight is 533 g/mol. The predicted octanol–water partition coefficient (Wildman–Crippen LogP) is 4.34. The van der Waals surface area contributed by atoms with E-state index in [1.165, 1.54) is 23.5 Å². The molecule has 2 aromatic heterocycles. The lowest BCUT2D eigenvalue weighted by Crippen LogP contribution is -2.52. The van der Waals surface area contributed by atoms with E-state index in [0.717, 1.165) is 21.2 Å². The summed E-state index contributed by atoms with van der Waals surface area (Å²) >= 11 is 2.90. The van der Waals surface area contributed by atoms with Gasteiger partial charge in [0.15, 0.2) is 5.01 Å². The van der Waals surface area contributed by atoms with E-state index in [1.807, 2.05) is 18.2 Å². The van der Waals surface area contributed by atoms with Crippen LogP contribution in [0.2, 0.25) is 0 Å². The third kappa shape index (κ3) is 5.57.